The second kappa shape index (κ2) is 5.57. The summed E-state index contributed by atoms with van der Waals surface area (Å²) in [7, 11) is -3.06. The van der Waals surface area contributed by atoms with Crippen molar-refractivity contribution >= 4 is 27.1 Å². The SMILES string of the molecule is O=C(NCc1noc(-c2cccs2)n1)[C@@H]1CCS(=O)(=O)C1. The molecule has 1 amide bonds. The summed E-state index contributed by atoms with van der Waals surface area (Å²) in [5.74, 6) is 0.0314. The highest BCUT2D eigenvalue weighted by molar-refractivity contribution is 7.91. The molecular weight excluding hydrogens is 314 g/mol. The highest BCUT2D eigenvalue weighted by Crippen LogP contribution is 2.22. The first-order valence-corrected chi connectivity index (χ1v) is 9.08. The standard InChI is InChI=1S/C12H13N3O4S2/c16-11(8-3-5-21(17,18)7-8)13-6-10-14-12(19-15-10)9-2-1-4-20-9/h1-2,4,8H,3,5-7H2,(H,13,16)/t8-/m1/s1. The van der Waals surface area contributed by atoms with Crippen molar-refractivity contribution in [1.82, 2.24) is 15.5 Å². The monoisotopic (exact) mass is 327 g/mol. The van der Waals surface area contributed by atoms with E-state index < -0.39 is 15.8 Å². The van der Waals surface area contributed by atoms with Crippen LogP contribution in [0.1, 0.15) is 12.2 Å². The van der Waals surface area contributed by atoms with Crippen LogP contribution in [-0.4, -0.2) is 36.0 Å². The molecule has 0 radical (unpaired) electrons. The Hall–Kier alpha value is -1.74. The van der Waals surface area contributed by atoms with Gasteiger partial charge in [0.25, 0.3) is 5.89 Å². The molecule has 112 valence electrons. The van der Waals surface area contributed by atoms with Crippen LogP contribution in [0.5, 0.6) is 0 Å². The summed E-state index contributed by atoms with van der Waals surface area (Å²) in [4.78, 5) is 16.9. The van der Waals surface area contributed by atoms with Gasteiger partial charge in [-0.15, -0.1) is 11.3 Å². The molecule has 0 aromatic carbocycles. The summed E-state index contributed by atoms with van der Waals surface area (Å²) in [6.07, 6.45) is 0.376. The van der Waals surface area contributed by atoms with Crippen molar-refractivity contribution in [2.24, 2.45) is 5.92 Å². The first kappa shape index (κ1) is 14.2. The lowest BCUT2D eigenvalue weighted by molar-refractivity contribution is -0.124. The number of nitrogens with zero attached hydrogens (tertiary/aromatic N) is 2. The molecule has 7 nitrogen and oxygen atoms in total. The Bertz CT molecular complexity index is 736. The molecule has 1 fully saturated rings. The Morgan fingerprint density at radius 2 is 2.38 bits per heavy atom. The van der Waals surface area contributed by atoms with E-state index in [1.54, 1.807) is 0 Å². The van der Waals surface area contributed by atoms with Gasteiger partial charge in [0.2, 0.25) is 5.91 Å². The molecule has 3 heterocycles. The molecule has 2 aromatic rings. The number of rotatable bonds is 4. The summed E-state index contributed by atoms with van der Waals surface area (Å²) in [6, 6.07) is 3.75. The van der Waals surface area contributed by atoms with Crippen LogP contribution in [0.3, 0.4) is 0 Å². The van der Waals surface area contributed by atoms with Crippen molar-refractivity contribution in [2.75, 3.05) is 11.5 Å². The molecule has 3 rings (SSSR count). The molecule has 2 aromatic heterocycles. The van der Waals surface area contributed by atoms with Crippen LogP contribution >= 0.6 is 11.3 Å². The Balaban J connectivity index is 1.57. The Morgan fingerprint density at radius 1 is 1.52 bits per heavy atom. The fourth-order valence-electron chi connectivity index (χ4n) is 2.14. The van der Waals surface area contributed by atoms with Crippen LogP contribution in [0.25, 0.3) is 10.8 Å². The van der Waals surface area contributed by atoms with E-state index in [0.29, 0.717) is 18.1 Å². The van der Waals surface area contributed by atoms with E-state index in [-0.39, 0.29) is 24.0 Å². The Kier molecular flexibility index (Phi) is 3.77. The highest BCUT2D eigenvalue weighted by atomic mass is 32.2. The maximum absolute atomic E-state index is 11.9. The normalized spacial score (nSPS) is 20.5. The number of hydrogen-bond donors (Lipinski definition) is 1. The lowest BCUT2D eigenvalue weighted by atomic mass is 10.1. The molecule has 1 atom stereocenters. The van der Waals surface area contributed by atoms with E-state index in [0.717, 1.165) is 4.88 Å². The summed E-state index contributed by atoms with van der Waals surface area (Å²) >= 11 is 1.48. The first-order valence-electron chi connectivity index (χ1n) is 6.38. The number of hydrogen-bond acceptors (Lipinski definition) is 7. The number of carbonyl (C=O) groups excluding carboxylic acids is 1. The smallest absolute Gasteiger partial charge is 0.268 e. The minimum Gasteiger partial charge on any atom is -0.348 e. The number of thiophene rings is 1. The fourth-order valence-corrected chi connectivity index (χ4v) is 4.52. The van der Waals surface area contributed by atoms with Gasteiger partial charge in [0.15, 0.2) is 15.7 Å². The van der Waals surface area contributed by atoms with Crippen molar-refractivity contribution in [3.63, 3.8) is 0 Å². The number of sulfone groups is 1. The van der Waals surface area contributed by atoms with Crippen LogP contribution < -0.4 is 5.32 Å². The van der Waals surface area contributed by atoms with Gasteiger partial charge in [-0.05, 0) is 17.9 Å². The molecule has 21 heavy (non-hydrogen) atoms. The van der Waals surface area contributed by atoms with Crippen molar-refractivity contribution in [2.45, 2.75) is 13.0 Å². The molecule has 0 saturated carbocycles. The average Bonchev–Trinajstić information content (AvgIpc) is 3.15. The third-order valence-corrected chi connectivity index (χ3v) is 5.85. The quantitative estimate of drug-likeness (QED) is 0.893. The molecule has 0 aliphatic carbocycles. The van der Waals surface area contributed by atoms with Crippen molar-refractivity contribution < 1.29 is 17.7 Å². The van der Waals surface area contributed by atoms with Crippen LogP contribution in [-0.2, 0) is 21.2 Å². The van der Waals surface area contributed by atoms with Crippen molar-refractivity contribution in [3.05, 3.63) is 23.3 Å². The van der Waals surface area contributed by atoms with Crippen molar-refractivity contribution in [3.8, 4) is 10.8 Å². The molecule has 1 aliphatic heterocycles. The lowest BCUT2D eigenvalue weighted by Crippen LogP contribution is -2.31. The van der Waals surface area contributed by atoms with E-state index in [4.69, 9.17) is 4.52 Å². The Morgan fingerprint density at radius 3 is 3.05 bits per heavy atom. The van der Waals surface area contributed by atoms with E-state index in [1.165, 1.54) is 11.3 Å². The third kappa shape index (κ3) is 3.30. The van der Waals surface area contributed by atoms with Gasteiger partial charge in [-0.25, -0.2) is 8.42 Å². The van der Waals surface area contributed by atoms with Crippen LogP contribution in [0, 0.1) is 5.92 Å². The van der Waals surface area contributed by atoms with Crippen LogP contribution in [0.15, 0.2) is 22.0 Å². The second-order valence-electron chi connectivity index (χ2n) is 4.81. The number of aromatic nitrogens is 2. The average molecular weight is 327 g/mol. The minimum atomic E-state index is -3.06. The van der Waals surface area contributed by atoms with Crippen molar-refractivity contribution in [1.29, 1.82) is 0 Å². The van der Waals surface area contributed by atoms with Gasteiger partial charge < -0.3 is 9.84 Å². The molecule has 0 spiro atoms. The zero-order valence-electron chi connectivity index (χ0n) is 11.0. The van der Waals surface area contributed by atoms with Gasteiger partial charge in [-0.2, -0.15) is 4.98 Å². The first-order chi connectivity index (χ1) is 10.0. The van der Waals surface area contributed by atoms with Gasteiger partial charge in [0.1, 0.15) is 0 Å². The van der Waals surface area contributed by atoms with E-state index in [1.807, 2.05) is 17.5 Å². The lowest BCUT2D eigenvalue weighted by Gasteiger charge is -2.06. The minimum absolute atomic E-state index is 0.0779. The van der Waals surface area contributed by atoms with E-state index in [9.17, 15) is 13.2 Å². The van der Waals surface area contributed by atoms with Crippen LogP contribution in [0.4, 0.5) is 0 Å². The summed E-state index contributed by atoms with van der Waals surface area (Å²) < 4.78 is 27.8. The van der Waals surface area contributed by atoms with E-state index >= 15 is 0 Å². The largest absolute Gasteiger partial charge is 0.348 e. The predicted octanol–water partition coefficient (Wildman–Crippen LogP) is 0.849. The second-order valence-corrected chi connectivity index (χ2v) is 7.99. The molecule has 1 N–H and O–H groups in total. The maximum Gasteiger partial charge on any atom is 0.268 e. The molecule has 0 unspecified atom stereocenters. The highest BCUT2D eigenvalue weighted by Gasteiger charge is 2.32. The van der Waals surface area contributed by atoms with E-state index in [2.05, 4.69) is 15.5 Å². The van der Waals surface area contributed by atoms with Gasteiger partial charge in [0, 0.05) is 0 Å². The zero-order valence-corrected chi connectivity index (χ0v) is 12.6. The topological polar surface area (TPSA) is 102 Å². The fraction of sp³-hybridized carbons (Fsp3) is 0.417. The van der Waals surface area contributed by atoms with Crippen LogP contribution in [0.2, 0.25) is 0 Å². The number of amides is 1. The number of nitrogens with one attached hydrogen (secondary N) is 1. The van der Waals surface area contributed by atoms with Gasteiger partial charge >= 0.3 is 0 Å². The third-order valence-electron chi connectivity index (χ3n) is 3.22. The molecular formula is C12H13N3O4S2. The molecule has 9 heteroatoms. The Labute approximate surface area is 125 Å². The summed E-state index contributed by atoms with van der Waals surface area (Å²) in [5, 5.41) is 8.34. The van der Waals surface area contributed by atoms with Gasteiger partial charge in [0.05, 0.1) is 28.8 Å². The number of carbonyl (C=O) groups is 1. The molecule has 0 bridgehead atoms. The van der Waals surface area contributed by atoms with Gasteiger partial charge in [-0.1, -0.05) is 11.2 Å². The molecule has 1 aliphatic rings. The predicted molar refractivity (Wildman–Crippen MR) is 76.2 cm³/mol. The van der Waals surface area contributed by atoms with Gasteiger partial charge in [-0.3, -0.25) is 4.79 Å². The maximum atomic E-state index is 11.9. The zero-order chi connectivity index (χ0) is 14.9. The summed E-state index contributed by atoms with van der Waals surface area (Å²) in [5.41, 5.74) is 0. The summed E-state index contributed by atoms with van der Waals surface area (Å²) in [6.45, 7) is 0.129. The molecule has 1 saturated heterocycles.